The molecular formula is C11H26N4. The van der Waals surface area contributed by atoms with E-state index in [-0.39, 0.29) is 5.96 Å². The SMILES string of the molecule is CCCCCCCCCCNN=C(N)N. The highest BCUT2D eigenvalue weighted by Gasteiger charge is 1.90. The Morgan fingerprint density at radius 3 is 2.00 bits per heavy atom. The smallest absolute Gasteiger partial charge is 0.208 e. The quantitative estimate of drug-likeness (QED) is 0.225. The number of rotatable bonds is 10. The van der Waals surface area contributed by atoms with Crippen molar-refractivity contribution in [3.8, 4) is 0 Å². The maximum absolute atomic E-state index is 5.17. The van der Waals surface area contributed by atoms with E-state index < -0.39 is 0 Å². The summed E-state index contributed by atoms with van der Waals surface area (Å²) < 4.78 is 0. The normalized spacial score (nSPS) is 9.93. The standard InChI is InChI=1S/C11H26N4/c1-2-3-4-5-6-7-8-9-10-14-15-11(12)13/h14H,2-10H2,1H3,(H4,12,13,15). The van der Waals surface area contributed by atoms with E-state index in [9.17, 15) is 0 Å². The zero-order valence-corrected chi connectivity index (χ0v) is 9.97. The van der Waals surface area contributed by atoms with Gasteiger partial charge in [-0.1, -0.05) is 51.9 Å². The summed E-state index contributed by atoms with van der Waals surface area (Å²) in [5, 5.41) is 3.71. The minimum absolute atomic E-state index is 0.106. The Balaban J connectivity index is 2.96. The number of hydrogen-bond acceptors (Lipinski definition) is 2. The van der Waals surface area contributed by atoms with Gasteiger partial charge < -0.3 is 16.9 Å². The van der Waals surface area contributed by atoms with Gasteiger partial charge in [-0.15, -0.1) is 5.10 Å². The average Bonchev–Trinajstić information content (AvgIpc) is 2.20. The van der Waals surface area contributed by atoms with Crippen molar-refractivity contribution in [3.63, 3.8) is 0 Å². The second-order valence-electron chi connectivity index (χ2n) is 3.92. The van der Waals surface area contributed by atoms with Crippen LogP contribution in [0.4, 0.5) is 0 Å². The van der Waals surface area contributed by atoms with Gasteiger partial charge in [0.25, 0.3) is 0 Å². The summed E-state index contributed by atoms with van der Waals surface area (Å²) in [4.78, 5) is 0. The van der Waals surface area contributed by atoms with E-state index in [1.807, 2.05) is 0 Å². The molecule has 0 aromatic carbocycles. The van der Waals surface area contributed by atoms with Gasteiger partial charge in [-0.25, -0.2) is 0 Å². The minimum Gasteiger partial charge on any atom is -0.369 e. The molecule has 0 aromatic heterocycles. The van der Waals surface area contributed by atoms with E-state index in [1.54, 1.807) is 0 Å². The van der Waals surface area contributed by atoms with Gasteiger partial charge in [-0.3, -0.25) is 0 Å². The highest BCUT2D eigenvalue weighted by atomic mass is 15.3. The predicted octanol–water partition coefficient (Wildman–Crippen LogP) is 1.91. The molecule has 90 valence electrons. The van der Waals surface area contributed by atoms with Crippen molar-refractivity contribution < 1.29 is 0 Å². The van der Waals surface area contributed by atoms with E-state index >= 15 is 0 Å². The van der Waals surface area contributed by atoms with Crippen molar-refractivity contribution in [1.29, 1.82) is 0 Å². The molecule has 0 saturated heterocycles. The van der Waals surface area contributed by atoms with Crippen LogP contribution in [0.25, 0.3) is 0 Å². The predicted molar refractivity (Wildman–Crippen MR) is 66.4 cm³/mol. The lowest BCUT2D eigenvalue weighted by atomic mass is 10.1. The summed E-state index contributed by atoms with van der Waals surface area (Å²) in [7, 11) is 0. The molecule has 0 heterocycles. The topological polar surface area (TPSA) is 76.4 Å². The van der Waals surface area contributed by atoms with E-state index in [1.165, 1.54) is 44.9 Å². The van der Waals surface area contributed by atoms with Gasteiger partial charge in [0.15, 0.2) is 0 Å². The molecule has 0 fully saturated rings. The number of nitrogens with zero attached hydrogens (tertiary/aromatic N) is 1. The van der Waals surface area contributed by atoms with Crippen molar-refractivity contribution in [2.24, 2.45) is 16.6 Å². The summed E-state index contributed by atoms with van der Waals surface area (Å²) in [6.07, 6.45) is 10.6. The summed E-state index contributed by atoms with van der Waals surface area (Å²) in [5.74, 6) is 0.106. The van der Waals surface area contributed by atoms with Crippen molar-refractivity contribution in [3.05, 3.63) is 0 Å². The van der Waals surface area contributed by atoms with Crippen LogP contribution in [0.2, 0.25) is 0 Å². The maximum Gasteiger partial charge on any atom is 0.208 e. The van der Waals surface area contributed by atoms with Gasteiger partial charge in [-0.2, -0.15) is 0 Å². The molecule has 0 bridgehead atoms. The summed E-state index contributed by atoms with van der Waals surface area (Å²) in [5.41, 5.74) is 13.2. The Hall–Kier alpha value is -0.930. The van der Waals surface area contributed by atoms with Gasteiger partial charge in [0.05, 0.1) is 0 Å². The van der Waals surface area contributed by atoms with Crippen LogP contribution in [0, 0.1) is 0 Å². The Morgan fingerprint density at radius 2 is 1.47 bits per heavy atom. The summed E-state index contributed by atoms with van der Waals surface area (Å²) in [6.45, 7) is 3.11. The monoisotopic (exact) mass is 214 g/mol. The molecule has 4 nitrogen and oxygen atoms in total. The van der Waals surface area contributed by atoms with Gasteiger partial charge in [-0.05, 0) is 6.42 Å². The van der Waals surface area contributed by atoms with Crippen molar-refractivity contribution >= 4 is 5.96 Å². The molecule has 0 radical (unpaired) electrons. The van der Waals surface area contributed by atoms with Crippen LogP contribution in [0.3, 0.4) is 0 Å². The number of hydrazone groups is 1. The third-order valence-corrected chi connectivity index (χ3v) is 2.35. The lowest BCUT2D eigenvalue weighted by molar-refractivity contribution is 0.561. The molecule has 5 N–H and O–H groups in total. The number of guanidine groups is 1. The molecule has 0 aliphatic rings. The Morgan fingerprint density at radius 1 is 0.933 bits per heavy atom. The number of hydrogen-bond donors (Lipinski definition) is 3. The molecule has 0 amide bonds. The molecule has 0 saturated carbocycles. The first kappa shape index (κ1) is 14.1. The van der Waals surface area contributed by atoms with Gasteiger partial charge in [0.1, 0.15) is 0 Å². The second-order valence-corrected chi connectivity index (χ2v) is 3.92. The average molecular weight is 214 g/mol. The molecule has 0 unspecified atom stereocenters. The molecule has 0 rings (SSSR count). The first-order chi connectivity index (χ1) is 7.27. The van der Waals surface area contributed by atoms with Crippen LogP contribution in [0.5, 0.6) is 0 Å². The third-order valence-electron chi connectivity index (χ3n) is 2.35. The fourth-order valence-corrected chi connectivity index (χ4v) is 1.49. The second kappa shape index (κ2) is 11.1. The fourth-order valence-electron chi connectivity index (χ4n) is 1.49. The molecule has 0 spiro atoms. The lowest BCUT2D eigenvalue weighted by Gasteiger charge is -2.02. The number of nitrogens with one attached hydrogen (secondary N) is 1. The van der Waals surface area contributed by atoms with Crippen molar-refractivity contribution in [2.75, 3.05) is 6.54 Å². The van der Waals surface area contributed by atoms with E-state index in [2.05, 4.69) is 17.5 Å². The number of unbranched alkanes of at least 4 members (excludes halogenated alkanes) is 7. The molecule has 15 heavy (non-hydrogen) atoms. The first-order valence-corrected chi connectivity index (χ1v) is 6.09. The molecule has 0 aliphatic carbocycles. The van der Waals surface area contributed by atoms with E-state index in [4.69, 9.17) is 11.5 Å². The highest BCUT2D eigenvalue weighted by molar-refractivity contribution is 5.75. The van der Waals surface area contributed by atoms with E-state index in [0.717, 1.165) is 13.0 Å². The van der Waals surface area contributed by atoms with Crippen LogP contribution in [0.15, 0.2) is 5.10 Å². The van der Waals surface area contributed by atoms with Crippen LogP contribution >= 0.6 is 0 Å². The molecule has 0 atom stereocenters. The zero-order chi connectivity index (χ0) is 11.4. The van der Waals surface area contributed by atoms with Gasteiger partial charge in [0.2, 0.25) is 5.96 Å². The molecule has 0 aliphatic heterocycles. The molecule has 0 aromatic rings. The molecular weight excluding hydrogens is 188 g/mol. The Kier molecular flexibility index (Phi) is 10.5. The number of nitrogens with two attached hydrogens (primary N) is 2. The fraction of sp³-hybridized carbons (Fsp3) is 0.909. The van der Waals surface area contributed by atoms with Crippen LogP contribution in [-0.4, -0.2) is 12.5 Å². The Labute approximate surface area is 93.5 Å². The largest absolute Gasteiger partial charge is 0.369 e. The van der Waals surface area contributed by atoms with Gasteiger partial charge >= 0.3 is 0 Å². The maximum atomic E-state index is 5.17. The summed E-state index contributed by atoms with van der Waals surface area (Å²) >= 11 is 0. The lowest BCUT2D eigenvalue weighted by Crippen LogP contribution is -2.26. The minimum atomic E-state index is 0.106. The third kappa shape index (κ3) is 13.1. The summed E-state index contributed by atoms with van der Waals surface area (Å²) in [6, 6.07) is 0. The zero-order valence-electron chi connectivity index (χ0n) is 9.97. The van der Waals surface area contributed by atoms with Gasteiger partial charge in [0, 0.05) is 6.54 Å². The highest BCUT2D eigenvalue weighted by Crippen LogP contribution is 2.07. The van der Waals surface area contributed by atoms with Crippen LogP contribution in [-0.2, 0) is 0 Å². The van der Waals surface area contributed by atoms with Crippen LogP contribution in [0.1, 0.15) is 58.3 Å². The van der Waals surface area contributed by atoms with Crippen LogP contribution < -0.4 is 16.9 Å². The van der Waals surface area contributed by atoms with E-state index in [0.29, 0.717) is 0 Å². The molecule has 4 heteroatoms. The van der Waals surface area contributed by atoms with Crippen molar-refractivity contribution in [2.45, 2.75) is 58.3 Å². The first-order valence-electron chi connectivity index (χ1n) is 6.09. The Bertz CT molecular complexity index is 153. The van der Waals surface area contributed by atoms with Crippen molar-refractivity contribution in [1.82, 2.24) is 5.43 Å².